The predicted molar refractivity (Wildman–Crippen MR) is 127 cm³/mol. The summed E-state index contributed by atoms with van der Waals surface area (Å²) in [5, 5.41) is 10.6. The number of benzene rings is 1. The third kappa shape index (κ3) is 3.86. The quantitative estimate of drug-likeness (QED) is 0.557. The lowest BCUT2D eigenvalue weighted by Gasteiger charge is -2.39. The van der Waals surface area contributed by atoms with Gasteiger partial charge in [0.1, 0.15) is 11.3 Å². The van der Waals surface area contributed by atoms with Crippen molar-refractivity contribution in [2.45, 2.75) is 53.0 Å². The summed E-state index contributed by atoms with van der Waals surface area (Å²) in [5.74, 6) is -0.490. The highest BCUT2D eigenvalue weighted by atomic mass is 32.1. The molecule has 1 aromatic carbocycles. The van der Waals surface area contributed by atoms with Crippen molar-refractivity contribution in [1.29, 1.82) is 0 Å². The average Bonchev–Trinajstić information content (AvgIpc) is 3.19. The van der Waals surface area contributed by atoms with Crippen LogP contribution in [-0.4, -0.2) is 27.7 Å². The Morgan fingerprint density at radius 2 is 2.03 bits per heavy atom. The molecule has 0 saturated heterocycles. The molecule has 6 nitrogen and oxygen atoms in total. The summed E-state index contributed by atoms with van der Waals surface area (Å²) in [6.45, 7) is 8.54. The minimum absolute atomic E-state index is 0.00191. The van der Waals surface area contributed by atoms with Crippen molar-refractivity contribution in [1.82, 2.24) is 9.55 Å². The number of carboxylic acids is 1. The highest BCUT2D eigenvalue weighted by Gasteiger charge is 2.34. The van der Waals surface area contributed by atoms with Gasteiger partial charge < -0.3 is 14.4 Å². The van der Waals surface area contributed by atoms with E-state index >= 15 is 0 Å². The van der Waals surface area contributed by atoms with Crippen molar-refractivity contribution >= 4 is 17.3 Å². The molecule has 0 aliphatic carbocycles. The fourth-order valence-corrected chi connectivity index (χ4v) is 5.41. The van der Waals surface area contributed by atoms with Crippen molar-refractivity contribution in [3.63, 3.8) is 0 Å². The zero-order valence-corrected chi connectivity index (χ0v) is 19.9. The van der Waals surface area contributed by atoms with Gasteiger partial charge in [0.15, 0.2) is 5.43 Å². The second kappa shape index (κ2) is 8.20. The molecule has 168 valence electrons. The monoisotopic (exact) mass is 452 g/mol. The molecule has 4 rings (SSSR count). The molecule has 32 heavy (non-hydrogen) atoms. The number of rotatable bonds is 5. The second-order valence-corrected chi connectivity index (χ2v) is 10.4. The zero-order chi connectivity index (χ0) is 23.2. The van der Waals surface area contributed by atoms with E-state index in [2.05, 4.69) is 38.7 Å². The number of thiazole rings is 1. The van der Waals surface area contributed by atoms with Gasteiger partial charge in [-0.05, 0) is 42.4 Å². The topological polar surface area (TPSA) is 81.4 Å². The summed E-state index contributed by atoms with van der Waals surface area (Å²) in [4.78, 5) is 29.8. The number of aromatic carboxylic acids is 1. The van der Waals surface area contributed by atoms with Crippen molar-refractivity contribution in [2.75, 3.05) is 7.11 Å². The Morgan fingerprint density at radius 3 is 2.66 bits per heavy atom. The number of hydrogen-bond donors (Lipinski definition) is 1. The molecule has 0 spiro atoms. The SMILES string of the molecule is CCCc1ncc(-c2cc3c(cc2OC)-c2cc(=O)c(C(=O)O)cn2C(C(C)(C)C)C3)s1. The zero-order valence-electron chi connectivity index (χ0n) is 19.1. The second-order valence-electron chi connectivity index (χ2n) is 9.31. The van der Waals surface area contributed by atoms with E-state index < -0.39 is 11.4 Å². The first-order valence-electron chi connectivity index (χ1n) is 10.8. The molecule has 1 N–H and O–H groups in total. The molecule has 3 aromatic rings. The summed E-state index contributed by atoms with van der Waals surface area (Å²) in [6, 6.07) is 5.57. The fraction of sp³-hybridized carbons (Fsp3) is 0.400. The summed E-state index contributed by atoms with van der Waals surface area (Å²) >= 11 is 1.68. The van der Waals surface area contributed by atoms with Crippen LogP contribution in [0.4, 0.5) is 0 Å². The lowest BCUT2D eigenvalue weighted by atomic mass is 9.78. The predicted octanol–water partition coefficient (Wildman–Crippen LogP) is 5.44. The Morgan fingerprint density at radius 1 is 1.28 bits per heavy atom. The van der Waals surface area contributed by atoms with E-state index in [0.29, 0.717) is 5.75 Å². The van der Waals surface area contributed by atoms with Crippen LogP contribution in [0.5, 0.6) is 5.75 Å². The molecule has 0 radical (unpaired) electrons. The number of pyridine rings is 1. The van der Waals surface area contributed by atoms with Gasteiger partial charge in [0.25, 0.3) is 0 Å². The van der Waals surface area contributed by atoms with Gasteiger partial charge >= 0.3 is 5.97 Å². The molecule has 2 aromatic heterocycles. The molecule has 1 aliphatic heterocycles. The van der Waals surface area contributed by atoms with E-state index in [0.717, 1.165) is 51.5 Å². The number of carbonyl (C=O) groups is 1. The van der Waals surface area contributed by atoms with E-state index in [-0.39, 0.29) is 17.0 Å². The van der Waals surface area contributed by atoms with Crippen molar-refractivity contribution < 1.29 is 14.6 Å². The Hall–Kier alpha value is -2.93. The maximum absolute atomic E-state index is 12.6. The molecule has 1 unspecified atom stereocenters. The Labute approximate surface area is 191 Å². The van der Waals surface area contributed by atoms with Crippen LogP contribution in [0.15, 0.2) is 35.4 Å². The molecule has 3 heterocycles. The van der Waals surface area contributed by atoms with E-state index in [1.807, 2.05) is 16.8 Å². The van der Waals surface area contributed by atoms with Gasteiger partial charge in [-0.3, -0.25) is 4.79 Å². The number of aryl methyl sites for hydroxylation is 1. The Kier molecular flexibility index (Phi) is 5.71. The first-order valence-corrected chi connectivity index (χ1v) is 11.6. The van der Waals surface area contributed by atoms with Gasteiger partial charge in [0.05, 0.1) is 22.7 Å². The van der Waals surface area contributed by atoms with Gasteiger partial charge in [-0.2, -0.15) is 0 Å². The smallest absolute Gasteiger partial charge is 0.341 e. The van der Waals surface area contributed by atoms with E-state index in [1.54, 1.807) is 18.4 Å². The summed E-state index contributed by atoms with van der Waals surface area (Å²) in [5.41, 5.74) is 2.91. The van der Waals surface area contributed by atoms with Crippen LogP contribution in [0.2, 0.25) is 0 Å². The van der Waals surface area contributed by atoms with Crippen molar-refractivity contribution in [2.24, 2.45) is 5.41 Å². The van der Waals surface area contributed by atoms with Gasteiger partial charge in [0.2, 0.25) is 0 Å². The highest BCUT2D eigenvalue weighted by Crippen LogP contribution is 2.46. The number of fused-ring (bicyclic) bond motifs is 3. The minimum Gasteiger partial charge on any atom is -0.496 e. The maximum Gasteiger partial charge on any atom is 0.341 e. The average molecular weight is 453 g/mol. The number of nitrogens with zero attached hydrogens (tertiary/aromatic N) is 2. The number of ether oxygens (including phenoxy) is 1. The van der Waals surface area contributed by atoms with Crippen LogP contribution < -0.4 is 10.2 Å². The molecule has 0 amide bonds. The number of hydrogen-bond acceptors (Lipinski definition) is 5. The molecule has 1 atom stereocenters. The molecule has 7 heteroatoms. The van der Waals surface area contributed by atoms with Crippen LogP contribution in [-0.2, 0) is 12.8 Å². The summed E-state index contributed by atoms with van der Waals surface area (Å²) in [6.07, 6.45) is 6.13. The summed E-state index contributed by atoms with van der Waals surface area (Å²) < 4.78 is 7.69. The minimum atomic E-state index is -1.20. The van der Waals surface area contributed by atoms with E-state index in [4.69, 9.17) is 4.74 Å². The lowest BCUT2D eigenvalue weighted by Crippen LogP contribution is -2.32. The molecular weight excluding hydrogens is 424 g/mol. The first-order chi connectivity index (χ1) is 15.1. The molecule has 0 bridgehead atoms. The number of carboxylic acid groups (broad SMARTS) is 1. The van der Waals surface area contributed by atoms with Gasteiger partial charge in [0, 0.05) is 35.6 Å². The Bertz CT molecular complexity index is 1250. The van der Waals surface area contributed by atoms with Gasteiger partial charge in [-0.1, -0.05) is 27.7 Å². The molecule has 0 saturated carbocycles. The normalized spacial score (nSPS) is 15.2. The third-order valence-electron chi connectivity index (χ3n) is 6.04. The largest absolute Gasteiger partial charge is 0.496 e. The van der Waals surface area contributed by atoms with Crippen molar-refractivity contribution in [3.8, 4) is 27.4 Å². The first kappa shape index (κ1) is 22.3. The molecule has 1 aliphatic rings. The molecule has 0 fully saturated rings. The third-order valence-corrected chi connectivity index (χ3v) is 7.13. The lowest BCUT2D eigenvalue weighted by molar-refractivity contribution is 0.0693. The standard InChI is InChI=1S/C25H28N2O4S/c1-6-7-23-26-12-21(32-23)16-8-14-9-22(25(2,3)4)27-13-17(24(29)30)19(28)11-18(27)15(14)10-20(16)31-5/h8,10-13,22H,6-7,9H2,1-5H3,(H,29,30). The van der Waals surface area contributed by atoms with Crippen LogP contribution in [0.1, 0.15) is 61.1 Å². The van der Waals surface area contributed by atoms with Gasteiger partial charge in [-0.15, -0.1) is 11.3 Å². The van der Waals surface area contributed by atoms with Crippen LogP contribution >= 0.6 is 11.3 Å². The van der Waals surface area contributed by atoms with Crippen LogP contribution in [0, 0.1) is 5.41 Å². The number of aromatic nitrogens is 2. The molecular formula is C25H28N2O4S. The van der Waals surface area contributed by atoms with Crippen molar-refractivity contribution in [3.05, 3.63) is 57.0 Å². The van der Waals surface area contributed by atoms with Crippen LogP contribution in [0.25, 0.3) is 21.7 Å². The van der Waals surface area contributed by atoms with E-state index in [9.17, 15) is 14.7 Å². The Balaban J connectivity index is 1.94. The van der Waals surface area contributed by atoms with Gasteiger partial charge in [-0.25, -0.2) is 9.78 Å². The maximum atomic E-state index is 12.6. The van der Waals surface area contributed by atoms with E-state index in [1.165, 1.54) is 12.3 Å². The van der Waals surface area contributed by atoms with Crippen LogP contribution in [0.3, 0.4) is 0 Å². The highest BCUT2D eigenvalue weighted by molar-refractivity contribution is 7.15. The fourth-order valence-electron chi connectivity index (χ4n) is 4.37. The summed E-state index contributed by atoms with van der Waals surface area (Å²) in [7, 11) is 1.64. The number of methoxy groups -OCH3 is 1.